The van der Waals surface area contributed by atoms with Crippen LogP contribution in [0.4, 0.5) is 0 Å². The quantitative estimate of drug-likeness (QED) is 0.594. The van der Waals surface area contributed by atoms with Gasteiger partial charge >= 0.3 is 0 Å². The van der Waals surface area contributed by atoms with Gasteiger partial charge in [-0.2, -0.15) is 0 Å². The fourth-order valence-electron chi connectivity index (χ4n) is 2.59. The van der Waals surface area contributed by atoms with Gasteiger partial charge in [0.05, 0.1) is 4.90 Å². The SMILES string of the molecule is C[C@H](CNCCc1cccs1)NS(=O)(=O)c1ccc2cnccc2c1. The molecule has 0 aliphatic carbocycles. The lowest BCUT2D eigenvalue weighted by Gasteiger charge is -2.15. The molecule has 2 heterocycles. The van der Waals surface area contributed by atoms with Crippen molar-refractivity contribution in [1.82, 2.24) is 15.0 Å². The first-order valence-electron chi connectivity index (χ1n) is 8.14. The topological polar surface area (TPSA) is 71.1 Å². The number of pyridine rings is 1. The number of thiophene rings is 1. The van der Waals surface area contributed by atoms with Crippen LogP contribution >= 0.6 is 11.3 Å². The van der Waals surface area contributed by atoms with E-state index in [1.807, 2.05) is 19.1 Å². The zero-order chi connectivity index (χ0) is 17.7. The van der Waals surface area contributed by atoms with Crippen molar-refractivity contribution in [2.45, 2.75) is 24.3 Å². The van der Waals surface area contributed by atoms with Crippen molar-refractivity contribution in [3.05, 3.63) is 59.0 Å². The minimum Gasteiger partial charge on any atom is -0.315 e. The van der Waals surface area contributed by atoms with E-state index in [0.29, 0.717) is 6.54 Å². The van der Waals surface area contributed by atoms with E-state index >= 15 is 0 Å². The molecular formula is C18H21N3O2S2. The summed E-state index contributed by atoms with van der Waals surface area (Å²) < 4.78 is 27.8. The fourth-order valence-corrected chi connectivity index (χ4v) is 4.58. The molecule has 0 saturated carbocycles. The van der Waals surface area contributed by atoms with Crippen LogP contribution in [0.5, 0.6) is 0 Å². The molecule has 1 aromatic carbocycles. The lowest BCUT2D eigenvalue weighted by atomic mass is 10.2. The fraction of sp³-hybridized carbons (Fsp3) is 0.278. The van der Waals surface area contributed by atoms with Crippen LogP contribution in [-0.2, 0) is 16.4 Å². The molecule has 132 valence electrons. The van der Waals surface area contributed by atoms with Crippen LogP contribution in [0.2, 0.25) is 0 Å². The molecule has 2 N–H and O–H groups in total. The van der Waals surface area contributed by atoms with Crippen LogP contribution in [0, 0.1) is 0 Å². The maximum absolute atomic E-state index is 12.6. The van der Waals surface area contributed by atoms with Crippen molar-refractivity contribution in [2.75, 3.05) is 13.1 Å². The Kier molecular flexibility index (Phi) is 5.80. The number of fused-ring (bicyclic) bond motifs is 1. The smallest absolute Gasteiger partial charge is 0.240 e. The van der Waals surface area contributed by atoms with Gasteiger partial charge in [-0.1, -0.05) is 12.1 Å². The van der Waals surface area contributed by atoms with Crippen LogP contribution in [0.25, 0.3) is 10.8 Å². The van der Waals surface area contributed by atoms with Crippen LogP contribution in [0.15, 0.2) is 59.1 Å². The van der Waals surface area contributed by atoms with Crippen molar-refractivity contribution in [2.24, 2.45) is 0 Å². The summed E-state index contributed by atoms with van der Waals surface area (Å²) in [5.41, 5.74) is 0. The molecule has 0 amide bonds. The summed E-state index contributed by atoms with van der Waals surface area (Å²) in [5, 5.41) is 7.14. The van der Waals surface area contributed by atoms with E-state index in [2.05, 4.69) is 26.5 Å². The molecule has 7 heteroatoms. The molecule has 0 bridgehead atoms. The Morgan fingerprint density at radius 1 is 1.20 bits per heavy atom. The molecular weight excluding hydrogens is 354 g/mol. The van der Waals surface area contributed by atoms with Crippen molar-refractivity contribution < 1.29 is 8.42 Å². The number of benzene rings is 1. The normalized spacial score (nSPS) is 13.2. The number of nitrogens with zero attached hydrogens (tertiary/aromatic N) is 1. The predicted octanol–water partition coefficient (Wildman–Crippen LogP) is 2.80. The first kappa shape index (κ1) is 18.0. The van der Waals surface area contributed by atoms with E-state index in [-0.39, 0.29) is 10.9 Å². The summed E-state index contributed by atoms with van der Waals surface area (Å²) in [6, 6.07) is 10.8. The molecule has 0 spiro atoms. The lowest BCUT2D eigenvalue weighted by molar-refractivity contribution is 0.538. The molecule has 2 aromatic heterocycles. The van der Waals surface area contributed by atoms with E-state index in [0.717, 1.165) is 23.7 Å². The van der Waals surface area contributed by atoms with Gasteiger partial charge in [-0.05, 0) is 48.4 Å². The molecule has 0 saturated heterocycles. The molecule has 0 unspecified atom stereocenters. The monoisotopic (exact) mass is 375 g/mol. The van der Waals surface area contributed by atoms with E-state index in [4.69, 9.17) is 0 Å². The van der Waals surface area contributed by atoms with Crippen LogP contribution in [0.3, 0.4) is 0 Å². The number of aromatic nitrogens is 1. The average molecular weight is 376 g/mol. The second kappa shape index (κ2) is 8.05. The zero-order valence-corrected chi connectivity index (χ0v) is 15.6. The first-order valence-corrected chi connectivity index (χ1v) is 10.5. The number of hydrogen-bond acceptors (Lipinski definition) is 5. The van der Waals surface area contributed by atoms with Gasteiger partial charge in [-0.15, -0.1) is 11.3 Å². The van der Waals surface area contributed by atoms with E-state index in [9.17, 15) is 8.42 Å². The van der Waals surface area contributed by atoms with Gasteiger partial charge in [0.1, 0.15) is 0 Å². The highest BCUT2D eigenvalue weighted by atomic mass is 32.2. The average Bonchev–Trinajstić information content (AvgIpc) is 3.11. The summed E-state index contributed by atoms with van der Waals surface area (Å²) in [6.07, 6.45) is 4.33. The number of nitrogens with one attached hydrogen (secondary N) is 2. The highest BCUT2D eigenvalue weighted by molar-refractivity contribution is 7.89. The molecule has 25 heavy (non-hydrogen) atoms. The summed E-state index contributed by atoms with van der Waals surface area (Å²) in [6.45, 7) is 3.28. The van der Waals surface area contributed by atoms with Gasteiger partial charge in [-0.25, -0.2) is 13.1 Å². The molecule has 5 nitrogen and oxygen atoms in total. The van der Waals surface area contributed by atoms with E-state index < -0.39 is 10.0 Å². The van der Waals surface area contributed by atoms with Gasteiger partial charge in [0.2, 0.25) is 10.0 Å². The Labute approximate surface area is 152 Å². The summed E-state index contributed by atoms with van der Waals surface area (Å²) in [4.78, 5) is 5.64. The Bertz CT molecular complexity index is 924. The highest BCUT2D eigenvalue weighted by Crippen LogP contribution is 2.18. The van der Waals surface area contributed by atoms with E-state index in [1.165, 1.54) is 4.88 Å². The third-order valence-electron chi connectivity index (χ3n) is 3.86. The van der Waals surface area contributed by atoms with Crippen LogP contribution in [0.1, 0.15) is 11.8 Å². The summed E-state index contributed by atoms with van der Waals surface area (Å²) >= 11 is 1.73. The number of rotatable bonds is 8. The van der Waals surface area contributed by atoms with Crippen molar-refractivity contribution >= 4 is 32.1 Å². The van der Waals surface area contributed by atoms with Crippen LogP contribution < -0.4 is 10.0 Å². The van der Waals surface area contributed by atoms with E-state index in [1.54, 1.807) is 41.9 Å². The molecule has 0 fully saturated rings. The summed E-state index contributed by atoms with van der Waals surface area (Å²) in [5.74, 6) is 0. The predicted molar refractivity (Wildman–Crippen MR) is 102 cm³/mol. The Hall–Kier alpha value is -1.80. The number of hydrogen-bond donors (Lipinski definition) is 2. The Morgan fingerprint density at radius 2 is 2.08 bits per heavy atom. The van der Waals surface area contributed by atoms with Crippen molar-refractivity contribution in [1.29, 1.82) is 0 Å². The van der Waals surface area contributed by atoms with Crippen molar-refractivity contribution in [3.63, 3.8) is 0 Å². The molecule has 0 radical (unpaired) electrons. The Balaban J connectivity index is 1.56. The maximum atomic E-state index is 12.6. The first-order chi connectivity index (χ1) is 12.0. The van der Waals surface area contributed by atoms with Gasteiger partial charge in [0.25, 0.3) is 0 Å². The molecule has 0 aliphatic heterocycles. The molecule has 0 aliphatic rings. The lowest BCUT2D eigenvalue weighted by Crippen LogP contribution is -2.40. The minimum absolute atomic E-state index is 0.193. The zero-order valence-electron chi connectivity index (χ0n) is 14.0. The molecule has 1 atom stereocenters. The van der Waals surface area contributed by atoms with Crippen molar-refractivity contribution in [3.8, 4) is 0 Å². The molecule has 3 rings (SSSR count). The molecule has 3 aromatic rings. The summed E-state index contributed by atoms with van der Waals surface area (Å²) in [7, 11) is -3.54. The number of sulfonamides is 1. The van der Waals surface area contributed by atoms with Gasteiger partial charge in [0, 0.05) is 41.8 Å². The van der Waals surface area contributed by atoms with Gasteiger partial charge in [0.15, 0.2) is 0 Å². The van der Waals surface area contributed by atoms with Gasteiger partial charge < -0.3 is 5.32 Å². The van der Waals surface area contributed by atoms with Gasteiger partial charge in [-0.3, -0.25) is 4.98 Å². The third kappa shape index (κ3) is 4.85. The highest BCUT2D eigenvalue weighted by Gasteiger charge is 2.17. The second-order valence-corrected chi connectivity index (χ2v) is 8.69. The Morgan fingerprint density at radius 3 is 2.88 bits per heavy atom. The standard InChI is InChI=1S/C18H21N3O2S2/c1-14(12-19-9-7-17-3-2-10-24-17)21-25(22,23)18-5-4-16-13-20-8-6-15(16)11-18/h2-6,8,10-11,13-14,19,21H,7,9,12H2,1H3/t14-/m1/s1. The van der Waals surface area contributed by atoms with Crippen LogP contribution in [-0.4, -0.2) is 32.5 Å². The maximum Gasteiger partial charge on any atom is 0.240 e. The largest absolute Gasteiger partial charge is 0.315 e. The second-order valence-electron chi connectivity index (χ2n) is 5.94. The third-order valence-corrected chi connectivity index (χ3v) is 6.38. The minimum atomic E-state index is -3.54.